The van der Waals surface area contributed by atoms with Gasteiger partial charge < -0.3 is 19.9 Å². The summed E-state index contributed by atoms with van der Waals surface area (Å²) in [6, 6.07) is 9.46. The van der Waals surface area contributed by atoms with Crippen molar-refractivity contribution in [3.8, 4) is 5.75 Å². The molecule has 2 heterocycles. The Kier molecular flexibility index (Phi) is 5.43. The van der Waals surface area contributed by atoms with Crippen LogP contribution in [0.3, 0.4) is 0 Å². The highest BCUT2D eigenvalue weighted by atomic mass is 16.5. The molecule has 0 radical (unpaired) electrons. The van der Waals surface area contributed by atoms with Gasteiger partial charge in [-0.3, -0.25) is 4.79 Å². The van der Waals surface area contributed by atoms with Crippen LogP contribution in [0.25, 0.3) is 0 Å². The Labute approximate surface area is 150 Å². The fourth-order valence-corrected chi connectivity index (χ4v) is 2.26. The van der Waals surface area contributed by atoms with Crippen molar-refractivity contribution in [3.63, 3.8) is 0 Å². The van der Waals surface area contributed by atoms with Crippen LogP contribution in [0.4, 0.5) is 11.8 Å². The molecule has 3 rings (SSSR count). The molecule has 0 saturated carbocycles. The van der Waals surface area contributed by atoms with Crippen molar-refractivity contribution in [2.75, 3.05) is 19.0 Å². The Balaban J connectivity index is 1.49. The van der Waals surface area contributed by atoms with Crippen molar-refractivity contribution in [2.24, 2.45) is 0 Å². The molecule has 1 amide bonds. The van der Waals surface area contributed by atoms with Gasteiger partial charge in [-0.25, -0.2) is 9.97 Å². The SMILES string of the molecule is COc1ccc(CCNC(=O)c2cnc(Nc3cc(C)on3)nc2)cc1. The van der Waals surface area contributed by atoms with Gasteiger partial charge in [-0.2, -0.15) is 0 Å². The van der Waals surface area contributed by atoms with Gasteiger partial charge in [-0.05, 0) is 31.0 Å². The molecular weight excluding hydrogens is 334 g/mol. The lowest BCUT2D eigenvalue weighted by atomic mass is 10.1. The number of methoxy groups -OCH3 is 1. The topological polar surface area (TPSA) is 102 Å². The Morgan fingerprint density at radius 3 is 2.54 bits per heavy atom. The summed E-state index contributed by atoms with van der Waals surface area (Å²) in [7, 11) is 1.63. The zero-order valence-corrected chi connectivity index (χ0v) is 14.5. The van der Waals surface area contributed by atoms with Crippen LogP contribution in [-0.4, -0.2) is 34.7 Å². The van der Waals surface area contributed by atoms with Crippen LogP contribution in [0.2, 0.25) is 0 Å². The first-order valence-corrected chi connectivity index (χ1v) is 8.07. The molecule has 0 fully saturated rings. The van der Waals surface area contributed by atoms with E-state index < -0.39 is 0 Å². The maximum atomic E-state index is 12.1. The highest BCUT2D eigenvalue weighted by molar-refractivity contribution is 5.93. The zero-order chi connectivity index (χ0) is 18.4. The Hall–Kier alpha value is -3.42. The molecule has 0 aliphatic rings. The van der Waals surface area contributed by atoms with Crippen LogP contribution in [0.15, 0.2) is 47.2 Å². The van der Waals surface area contributed by atoms with E-state index in [0.717, 1.165) is 17.7 Å². The molecule has 1 aromatic carbocycles. The van der Waals surface area contributed by atoms with Crippen molar-refractivity contribution in [3.05, 3.63) is 59.6 Å². The molecule has 0 unspecified atom stereocenters. The van der Waals surface area contributed by atoms with E-state index in [9.17, 15) is 4.79 Å². The first kappa shape index (κ1) is 17.4. The number of rotatable bonds is 7. The monoisotopic (exact) mass is 353 g/mol. The van der Waals surface area contributed by atoms with Crippen molar-refractivity contribution in [1.29, 1.82) is 0 Å². The predicted octanol–water partition coefficient (Wildman–Crippen LogP) is 2.50. The summed E-state index contributed by atoms with van der Waals surface area (Å²) in [6.07, 6.45) is 3.65. The smallest absolute Gasteiger partial charge is 0.254 e. The van der Waals surface area contributed by atoms with E-state index in [-0.39, 0.29) is 5.91 Å². The molecule has 0 atom stereocenters. The van der Waals surface area contributed by atoms with Gasteiger partial charge in [0.2, 0.25) is 5.95 Å². The summed E-state index contributed by atoms with van der Waals surface area (Å²) in [5.74, 6) is 2.12. The van der Waals surface area contributed by atoms with E-state index in [2.05, 4.69) is 25.8 Å². The third-order valence-electron chi connectivity index (χ3n) is 3.64. The molecule has 26 heavy (non-hydrogen) atoms. The molecule has 0 aliphatic heterocycles. The third kappa shape index (κ3) is 4.56. The molecule has 8 nitrogen and oxygen atoms in total. The molecule has 134 valence electrons. The summed E-state index contributed by atoms with van der Waals surface area (Å²) < 4.78 is 10.1. The van der Waals surface area contributed by atoms with Gasteiger partial charge in [-0.1, -0.05) is 17.3 Å². The van der Waals surface area contributed by atoms with Gasteiger partial charge >= 0.3 is 0 Å². The third-order valence-corrected chi connectivity index (χ3v) is 3.64. The van der Waals surface area contributed by atoms with Crippen LogP contribution in [0.5, 0.6) is 5.75 Å². The summed E-state index contributed by atoms with van der Waals surface area (Å²) in [4.78, 5) is 20.4. The Bertz CT molecular complexity index is 859. The van der Waals surface area contributed by atoms with Crippen LogP contribution in [0, 0.1) is 6.92 Å². The fourth-order valence-electron chi connectivity index (χ4n) is 2.26. The number of nitrogens with zero attached hydrogens (tertiary/aromatic N) is 3. The maximum absolute atomic E-state index is 12.1. The number of carbonyl (C=O) groups is 1. The molecule has 0 spiro atoms. The highest BCUT2D eigenvalue weighted by Crippen LogP contribution is 2.13. The summed E-state index contributed by atoms with van der Waals surface area (Å²) in [6.45, 7) is 2.31. The zero-order valence-electron chi connectivity index (χ0n) is 14.5. The minimum atomic E-state index is -0.220. The summed E-state index contributed by atoms with van der Waals surface area (Å²) >= 11 is 0. The van der Waals surface area contributed by atoms with Gasteiger partial charge in [0.25, 0.3) is 5.91 Å². The number of aromatic nitrogens is 3. The lowest BCUT2D eigenvalue weighted by Crippen LogP contribution is -2.26. The first-order chi connectivity index (χ1) is 12.6. The number of nitrogens with one attached hydrogen (secondary N) is 2. The average Bonchev–Trinajstić information content (AvgIpc) is 3.07. The van der Waals surface area contributed by atoms with Crippen molar-refractivity contribution in [1.82, 2.24) is 20.4 Å². The van der Waals surface area contributed by atoms with Crippen molar-refractivity contribution in [2.45, 2.75) is 13.3 Å². The minimum absolute atomic E-state index is 0.220. The van der Waals surface area contributed by atoms with Gasteiger partial charge in [0.05, 0.1) is 12.7 Å². The number of anilines is 2. The second-order valence-electron chi connectivity index (χ2n) is 5.60. The molecular formula is C18H19N5O3. The number of aryl methyl sites for hydroxylation is 1. The van der Waals surface area contributed by atoms with E-state index >= 15 is 0 Å². The maximum Gasteiger partial charge on any atom is 0.254 e. The molecule has 2 N–H and O–H groups in total. The van der Waals surface area contributed by atoms with E-state index in [4.69, 9.17) is 9.26 Å². The Morgan fingerprint density at radius 1 is 1.19 bits per heavy atom. The largest absolute Gasteiger partial charge is 0.497 e. The quantitative estimate of drug-likeness (QED) is 0.673. The standard InChI is InChI=1S/C18H19N5O3/c1-12-9-16(23-26-12)22-18-20-10-14(11-21-18)17(24)19-8-7-13-3-5-15(25-2)6-4-13/h3-6,9-11H,7-8H2,1-2H3,(H,19,24)(H,20,21,22,23). The van der Waals surface area contributed by atoms with E-state index in [1.165, 1.54) is 12.4 Å². The number of ether oxygens (including phenoxy) is 1. The second-order valence-corrected chi connectivity index (χ2v) is 5.60. The Morgan fingerprint density at radius 2 is 1.92 bits per heavy atom. The van der Waals surface area contributed by atoms with Gasteiger partial charge in [0, 0.05) is 25.0 Å². The van der Waals surface area contributed by atoms with Crippen LogP contribution >= 0.6 is 0 Å². The average molecular weight is 353 g/mol. The fraction of sp³-hybridized carbons (Fsp3) is 0.222. The van der Waals surface area contributed by atoms with E-state index in [1.54, 1.807) is 20.1 Å². The molecule has 0 bridgehead atoms. The summed E-state index contributed by atoms with van der Waals surface area (Å²) in [5, 5.41) is 9.54. The molecule has 2 aromatic heterocycles. The molecule has 3 aromatic rings. The normalized spacial score (nSPS) is 10.4. The lowest BCUT2D eigenvalue weighted by Gasteiger charge is -2.06. The highest BCUT2D eigenvalue weighted by Gasteiger charge is 2.08. The number of carbonyl (C=O) groups excluding carboxylic acids is 1. The van der Waals surface area contributed by atoms with Crippen LogP contribution < -0.4 is 15.4 Å². The number of benzene rings is 1. The predicted molar refractivity (Wildman–Crippen MR) is 95.6 cm³/mol. The molecule has 8 heteroatoms. The van der Waals surface area contributed by atoms with Crippen LogP contribution in [0.1, 0.15) is 21.7 Å². The van der Waals surface area contributed by atoms with Gasteiger partial charge in [0.15, 0.2) is 5.82 Å². The second kappa shape index (κ2) is 8.11. The minimum Gasteiger partial charge on any atom is -0.497 e. The molecule has 0 aliphatic carbocycles. The van der Waals surface area contributed by atoms with Gasteiger partial charge in [-0.15, -0.1) is 0 Å². The van der Waals surface area contributed by atoms with Crippen LogP contribution in [-0.2, 0) is 6.42 Å². The first-order valence-electron chi connectivity index (χ1n) is 8.07. The lowest BCUT2D eigenvalue weighted by molar-refractivity contribution is 0.0953. The summed E-state index contributed by atoms with van der Waals surface area (Å²) in [5.41, 5.74) is 1.51. The van der Waals surface area contributed by atoms with Crippen molar-refractivity contribution < 1.29 is 14.1 Å². The van der Waals surface area contributed by atoms with Crippen molar-refractivity contribution >= 4 is 17.7 Å². The number of hydrogen-bond donors (Lipinski definition) is 2. The van der Waals surface area contributed by atoms with E-state index in [1.807, 2.05) is 24.3 Å². The number of hydrogen-bond acceptors (Lipinski definition) is 7. The molecule has 0 saturated heterocycles. The number of amides is 1. The van der Waals surface area contributed by atoms with Gasteiger partial charge in [0.1, 0.15) is 11.5 Å². The van der Waals surface area contributed by atoms with E-state index in [0.29, 0.717) is 29.6 Å².